The van der Waals surface area contributed by atoms with Gasteiger partial charge in [0.25, 0.3) is 0 Å². The van der Waals surface area contributed by atoms with Crippen LogP contribution in [0.5, 0.6) is 0 Å². The van der Waals surface area contributed by atoms with Gasteiger partial charge in [-0.3, -0.25) is 4.90 Å². The molecular weight excluding hydrogens is 122 g/mol. The van der Waals surface area contributed by atoms with E-state index >= 15 is 0 Å². The molecule has 0 aromatic heterocycles. The van der Waals surface area contributed by atoms with E-state index in [1.807, 2.05) is 0 Å². The fourth-order valence-corrected chi connectivity index (χ4v) is 2.28. The minimum absolute atomic E-state index is 1.06. The van der Waals surface area contributed by atoms with Gasteiger partial charge in [0.05, 0.1) is 0 Å². The number of hydrogen-bond acceptors (Lipinski definition) is 1. The molecule has 3 saturated heterocycles. The molecule has 0 aliphatic carbocycles. The number of nitrogens with zero attached hydrogens (tertiary/aromatic N) is 1. The molecule has 0 aromatic rings. The van der Waals surface area contributed by atoms with E-state index in [0.717, 1.165) is 5.92 Å². The van der Waals surface area contributed by atoms with E-state index in [4.69, 9.17) is 0 Å². The van der Waals surface area contributed by atoms with Crippen LogP contribution in [0.25, 0.3) is 0 Å². The van der Waals surface area contributed by atoms with Gasteiger partial charge in [0.1, 0.15) is 0 Å². The summed E-state index contributed by atoms with van der Waals surface area (Å²) in [5.74, 6) is 1.06. The van der Waals surface area contributed by atoms with E-state index in [2.05, 4.69) is 11.8 Å². The van der Waals surface area contributed by atoms with Gasteiger partial charge in [-0.25, -0.2) is 0 Å². The van der Waals surface area contributed by atoms with Gasteiger partial charge in [0.2, 0.25) is 0 Å². The van der Waals surface area contributed by atoms with Gasteiger partial charge >= 0.3 is 0 Å². The Morgan fingerprint density at radius 2 is 2.10 bits per heavy atom. The Labute approximate surface area is 63.4 Å². The Morgan fingerprint density at radius 3 is 2.40 bits per heavy atom. The van der Waals surface area contributed by atoms with Gasteiger partial charge in [-0.2, -0.15) is 0 Å². The quantitative estimate of drug-likeness (QED) is 0.536. The number of piperidine rings is 3. The van der Waals surface area contributed by atoms with Crippen molar-refractivity contribution in [2.75, 3.05) is 13.1 Å². The van der Waals surface area contributed by atoms with Gasteiger partial charge in [0.15, 0.2) is 0 Å². The van der Waals surface area contributed by atoms with Gasteiger partial charge < -0.3 is 0 Å². The molecule has 3 rings (SSSR count). The van der Waals surface area contributed by atoms with E-state index in [9.17, 15) is 0 Å². The largest absolute Gasteiger partial charge is 0.296 e. The summed E-state index contributed by atoms with van der Waals surface area (Å²) >= 11 is 0. The molecule has 3 aliphatic rings. The molecule has 0 unspecified atom stereocenters. The molecule has 57 valence electrons. The zero-order valence-electron chi connectivity index (χ0n) is 6.77. The van der Waals surface area contributed by atoms with Crippen LogP contribution in [0.4, 0.5) is 0 Å². The molecule has 1 radical (unpaired) electrons. The summed E-state index contributed by atoms with van der Waals surface area (Å²) < 4.78 is 0. The van der Waals surface area contributed by atoms with Crippen LogP contribution in [0.2, 0.25) is 0 Å². The van der Waals surface area contributed by atoms with Crippen molar-refractivity contribution in [1.29, 1.82) is 0 Å². The monoisotopic (exact) mass is 138 g/mol. The first-order chi connectivity index (χ1) is 4.90. The smallest absolute Gasteiger partial charge is 0.0393 e. The second-order valence-electron chi connectivity index (χ2n) is 3.55. The Kier molecular flexibility index (Phi) is 1.69. The predicted molar refractivity (Wildman–Crippen MR) is 42.4 cm³/mol. The van der Waals surface area contributed by atoms with Crippen LogP contribution < -0.4 is 0 Å². The van der Waals surface area contributed by atoms with Gasteiger partial charge in [-0.05, 0) is 44.7 Å². The normalized spacial score (nSPS) is 40.5. The second kappa shape index (κ2) is 2.54. The van der Waals surface area contributed by atoms with Crippen LogP contribution in [0.3, 0.4) is 0 Å². The zero-order chi connectivity index (χ0) is 6.97. The molecule has 3 heterocycles. The third-order valence-corrected chi connectivity index (χ3v) is 2.99. The Hall–Kier alpha value is -0.0400. The minimum atomic E-state index is 1.06. The Morgan fingerprint density at radius 1 is 1.40 bits per heavy atom. The standard InChI is InChI=1S/C9H16N/c1-2-9-7-8-3-5-10(9)6-4-8/h8H,2-7H2,1H3. The molecule has 10 heavy (non-hydrogen) atoms. The molecule has 1 nitrogen and oxygen atoms in total. The van der Waals surface area contributed by atoms with Crippen LogP contribution in [0, 0.1) is 12.0 Å². The van der Waals surface area contributed by atoms with Crippen LogP contribution in [-0.2, 0) is 0 Å². The van der Waals surface area contributed by atoms with Crippen molar-refractivity contribution in [2.24, 2.45) is 5.92 Å². The molecule has 0 amide bonds. The third-order valence-electron chi connectivity index (χ3n) is 2.99. The van der Waals surface area contributed by atoms with Crippen molar-refractivity contribution < 1.29 is 0 Å². The van der Waals surface area contributed by atoms with Crippen LogP contribution in [0.15, 0.2) is 0 Å². The summed E-state index contributed by atoms with van der Waals surface area (Å²) in [5, 5.41) is 0. The predicted octanol–water partition coefficient (Wildman–Crippen LogP) is 2.04. The maximum Gasteiger partial charge on any atom is 0.0393 e. The van der Waals surface area contributed by atoms with Crippen LogP contribution in [0.1, 0.15) is 32.6 Å². The summed E-state index contributed by atoms with van der Waals surface area (Å²) in [6, 6.07) is 1.72. The summed E-state index contributed by atoms with van der Waals surface area (Å²) in [6.45, 7) is 5.00. The van der Waals surface area contributed by atoms with Crippen molar-refractivity contribution in [3.8, 4) is 0 Å². The third kappa shape index (κ3) is 0.968. The first-order valence-corrected chi connectivity index (χ1v) is 4.50. The molecule has 3 fully saturated rings. The second-order valence-corrected chi connectivity index (χ2v) is 3.55. The Balaban J connectivity index is 2.01. The van der Waals surface area contributed by atoms with E-state index in [1.165, 1.54) is 38.8 Å². The fourth-order valence-electron chi connectivity index (χ4n) is 2.28. The van der Waals surface area contributed by atoms with Crippen molar-refractivity contribution >= 4 is 0 Å². The van der Waals surface area contributed by atoms with Crippen molar-refractivity contribution in [1.82, 2.24) is 4.90 Å². The first kappa shape index (κ1) is 6.66. The molecule has 0 N–H and O–H groups in total. The summed E-state index contributed by atoms with van der Waals surface area (Å²) in [6.07, 6.45) is 5.62. The summed E-state index contributed by atoms with van der Waals surface area (Å²) in [4.78, 5) is 2.60. The molecule has 1 heteroatoms. The maximum atomic E-state index is 2.60. The van der Waals surface area contributed by atoms with Gasteiger partial charge in [0, 0.05) is 6.04 Å². The van der Waals surface area contributed by atoms with Gasteiger partial charge in [-0.1, -0.05) is 6.92 Å². The SMILES string of the molecule is CC[C]1CC2CCN1CC2. The zero-order valence-corrected chi connectivity index (χ0v) is 6.77. The van der Waals surface area contributed by atoms with E-state index in [0.29, 0.717) is 0 Å². The Bertz CT molecular complexity index is 114. The summed E-state index contributed by atoms with van der Waals surface area (Å²) in [5.41, 5.74) is 0. The highest BCUT2D eigenvalue weighted by molar-refractivity contribution is 4.99. The van der Waals surface area contributed by atoms with Crippen molar-refractivity contribution in [2.45, 2.75) is 32.6 Å². The topological polar surface area (TPSA) is 3.24 Å². The lowest BCUT2D eigenvalue weighted by Crippen LogP contribution is -2.43. The highest BCUT2D eigenvalue weighted by atomic mass is 15.2. The molecule has 3 aliphatic heterocycles. The molecule has 0 aromatic carbocycles. The number of rotatable bonds is 1. The lowest BCUT2D eigenvalue weighted by Gasteiger charge is -2.44. The minimum Gasteiger partial charge on any atom is -0.296 e. The fraction of sp³-hybridized carbons (Fsp3) is 0.889. The van der Waals surface area contributed by atoms with E-state index in [-0.39, 0.29) is 0 Å². The molecule has 0 atom stereocenters. The first-order valence-electron chi connectivity index (χ1n) is 4.50. The van der Waals surface area contributed by atoms with Crippen LogP contribution >= 0.6 is 0 Å². The summed E-state index contributed by atoms with van der Waals surface area (Å²) in [7, 11) is 0. The highest BCUT2D eigenvalue weighted by Gasteiger charge is 2.32. The molecule has 0 spiro atoms. The maximum absolute atomic E-state index is 2.60. The van der Waals surface area contributed by atoms with Gasteiger partial charge in [-0.15, -0.1) is 0 Å². The van der Waals surface area contributed by atoms with Crippen LogP contribution in [-0.4, -0.2) is 18.0 Å². The lowest BCUT2D eigenvalue weighted by molar-refractivity contribution is 0.110. The highest BCUT2D eigenvalue weighted by Crippen LogP contribution is 2.37. The average Bonchev–Trinajstić information content (AvgIpc) is 2.06. The number of fused-ring (bicyclic) bond motifs is 3. The van der Waals surface area contributed by atoms with Crippen molar-refractivity contribution in [3.05, 3.63) is 6.04 Å². The van der Waals surface area contributed by atoms with E-state index < -0.39 is 0 Å². The molecule has 2 bridgehead atoms. The van der Waals surface area contributed by atoms with Crippen molar-refractivity contribution in [3.63, 3.8) is 0 Å². The average molecular weight is 138 g/mol. The molecular formula is C9H16N. The number of hydrogen-bond donors (Lipinski definition) is 0. The lowest BCUT2D eigenvalue weighted by atomic mass is 9.82. The molecule has 0 saturated carbocycles. The van der Waals surface area contributed by atoms with E-state index in [1.54, 1.807) is 6.04 Å².